The number of carbonyl (C=O) groups excluding carboxylic acids is 2. The number of benzene rings is 2. The van der Waals surface area contributed by atoms with E-state index in [4.69, 9.17) is 9.47 Å². The highest BCUT2D eigenvalue weighted by Gasteiger charge is 2.32. The van der Waals surface area contributed by atoms with E-state index in [-0.39, 0.29) is 18.0 Å². The molecule has 3 heterocycles. The van der Waals surface area contributed by atoms with Gasteiger partial charge in [0.15, 0.2) is 0 Å². The van der Waals surface area contributed by atoms with E-state index in [1.807, 2.05) is 4.90 Å². The summed E-state index contributed by atoms with van der Waals surface area (Å²) in [6, 6.07) is 14.0. The first-order chi connectivity index (χ1) is 14.1. The number of amides is 2. The molecule has 5 rings (SSSR count). The average Bonchev–Trinajstić information content (AvgIpc) is 3.09. The summed E-state index contributed by atoms with van der Waals surface area (Å²) >= 11 is 0. The van der Waals surface area contributed by atoms with Gasteiger partial charge in [0.1, 0.15) is 11.5 Å². The molecule has 2 aromatic rings. The van der Waals surface area contributed by atoms with Gasteiger partial charge in [0.05, 0.1) is 7.11 Å². The molecule has 2 bridgehead atoms. The number of carbonyl (C=O) groups is 2. The summed E-state index contributed by atoms with van der Waals surface area (Å²) in [5, 5.41) is 2.83. The molecule has 0 aromatic heterocycles. The summed E-state index contributed by atoms with van der Waals surface area (Å²) in [5.41, 5.74) is 1.13. The van der Waals surface area contributed by atoms with Crippen molar-refractivity contribution in [3.63, 3.8) is 0 Å². The lowest BCUT2D eigenvalue weighted by molar-refractivity contribution is 0.102. The third-order valence-electron chi connectivity index (χ3n) is 5.54. The van der Waals surface area contributed by atoms with Crippen molar-refractivity contribution in [1.29, 1.82) is 0 Å². The van der Waals surface area contributed by atoms with Crippen LogP contribution in [0.3, 0.4) is 0 Å². The van der Waals surface area contributed by atoms with Crippen molar-refractivity contribution in [2.24, 2.45) is 0 Å². The van der Waals surface area contributed by atoms with E-state index in [1.165, 1.54) is 0 Å². The van der Waals surface area contributed by atoms with Gasteiger partial charge in [0.2, 0.25) is 0 Å². The van der Waals surface area contributed by atoms with Gasteiger partial charge in [-0.2, -0.15) is 0 Å². The van der Waals surface area contributed by atoms with Crippen molar-refractivity contribution >= 4 is 17.7 Å². The van der Waals surface area contributed by atoms with Gasteiger partial charge in [-0.15, -0.1) is 0 Å². The zero-order valence-corrected chi connectivity index (χ0v) is 16.5. The molecule has 0 atom stereocenters. The highest BCUT2D eigenvalue weighted by molar-refractivity contribution is 6.04. The molecule has 7 nitrogen and oxygen atoms in total. The highest BCUT2D eigenvalue weighted by Crippen LogP contribution is 2.23. The number of piperidine rings is 1. The fourth-order valence-electron chi connectivity index (χ4n) is 3.86. The molecule has 2 aromatic carbocycles. The monoisotopic (exact) mass is 395 g/mol. The van der Waals surface area contributed by atoms with Gasteiger partial charge in [-0.25, -0.2) is 4.79 Å². The summed E-state index contributed by atoms with van der Waals surface area (Å²) in [4.78, 5) is 29.3. The zero-order chi connectivity index (χ0) is 20.2. The number of hydrogen-bond acceptors (Lipinski definition) is 5. The van der Waals surface area contributed by atoms with Crippen LogP contribution in [0.1, 0.15) is 23.2 Å². The predicted molar refractivity (Wildman–Crippen MR) is 110 cm³/mol. The Kier molecular flexibility index (Phi) is 5.67. The molecule has 1 N–H and O–H groups in total. The summed E-state index contributed by atoms with van der Waals surface area (Å²) in [6.07, 6.45) is 1.71. The molecule has 29 heavy (non-hydrogen) atoms. The molecule has 0 spiro atoms. The molecule has 0 aliphatic carbocycles. The highest BCUT2D eigenvalue weighted by atomic mass is 16.6. The smallest absolute Gasteiger partial charge is 0.415 e. The van der Waals surface area contributed by atoms with Gasteiger partial charge in [-0.05, 0) is 55.3 Å². The Morgan fingerprint density at radius 1 is 0.966 bits per heavy atom. The number of hydrogen-bond donors (Lipinski definition) is 1. The van der Waals surface area contributed by atoms with Crippen LogP contribution in [-0.4, -0.2) is 61.1 Å². The van der Waals surface area contributed by atoms with Crippen LogP contribution in [0.4, 0.5) is 10.5 Å². The van der Waals surface area contributed by atoms with Gasteiger partial charge < -0.3 is 24.6 Å². The van der Waals surface area contributed by atoms with Gasteiger partial charge >= 0.3 is 6.09 Å². The lowest BCUT2D eigenvalue weighted by Crippen LogP contribution is -2.43. The number of nitrogens with zero attached hydrogens (tertiary/aromatic N) is 2. The lowest BCUT2D eigenvalue weighted by atomic mass is 10.1. The van der Waals surface area contributed by atoms with Crippen molar-refractivity contribution < 1.29 is 19.1 Å². The van der Waals surface area contributed by atoms with E-state index in [0.29, 0.717) is 29.3 Å². The summed E-state index contributed by atoms with van der Waals surface area (Å²) in [6.45, 7) is 3.71. The van der Waals surface area contributed by atoms with Crippen molar-refractivity contribution in [3.8, 4) is 11.5 Å². The Balaban J connectivity index is 1.36. The second-order valence-electron chi connectivity index (χ2n) is 7.34. The molecule has 3 fully saturated rings. The second kappa shape index (κ2) is 8.53. The van der Waals surface area contributed by atoms with Crippen LogP contribution in [0.5, 0.6) is 11.5 Å². The van der Waals surface area contributed by atoms with Crippen molar-refractivity contribution in [2.75, 3.05) is 38.6 Å². The number of methoxy groups -OCH3 is 1. The van der Waals surface area contributed by atoms with E-state index in [1.54, 1.807) is 55.6 Å². The Morgan fingerprint density at radius 2 is 1.72 bits per heavy atom. The molecule has 3 aliphatic rings. The third kappa shape index (κ3) is 4.51. The maximum Gasteiger partial charge on any atom is 0.415 e. The van der Waals surface area contributed by atoms with Crippen molar-refractivity contribution in [1.82, 2.24) is 9.80 Å². The molecule has 0 unspecified atom stereocenters. The van der Waals surface area contributed by atoms with Crippen LogP contribution < -0.4 is 14.8 Å². The Morgan fingerprint density at radius 3 is 2.45 bits per heavy atom. The minimum Gasteiger partial charge on any atom is -0.497 e. The van der Waals surface area contributed by atoms with Gasteiger partial charge in [-0.1, -0.05) is 6.07 Å². The standard InChI is InChI=1S/C22H25N3O4/c1-28-20-4-2-3-16(15-20)21(26)23-17-5-7-19(8-6-17)29-22(27)25-14-13-24-11-9-18(25)10-12-24/h2-8,15,18H,9-14H2,1H3,(H,23,26). The van der Waals surface area contributed by atoms with Crippen molar-refractivity contribution in [3.05, 3.63) is 54.1 Å². The second-order valence-corrected chi connectivity index (χ2v) is 7.34. The number of fused-ring (bicyclic) bond motifs is 4. The first kappa shape index (κ1) is 19.3. The number of nitrogens with one attached hydrogen (secondary N) is 1. The van der Waals surface area contributed by atoms with Crippen LogP contribution >= 0.6 is 0 Å². The quantitative estimate of drug-likeness (QED) is 0.861. The molecule has 0 saturated carbocycles. The first-order valence-corrected chi connectivity index (χ1v) is 9.88. The lowest BCUT2D eigenvalue weighted by Gasteiger charge is -2.30. The Labute approximate surface area is 170 Å². The Bertz CT molecular complexity index is 876. The van der Waals surface area contributed by atoms with E-state index >= 15 is 0 Å². The minimum absolute atomic E-state index is 0.232. The summed E-state index contributed by atoms with van der Waals surface area (Å²) in [7, 11) is 1.56. The summed E-state index contributed by atoms with van der Waals surface area (Å²) < 4.78 is 10.7. The fourth-order valence-corrected chi connectivity index (χ4v) is 3.86. The van der Waals surface area contributed by atoms with Crippen LogP contribution in [0.25, 0.3) is 0 Å². The third-order valence-corrected chi connectivity index (χ3v) is 5.54. The van der Waals surface area contributed by atoms with Gasteiger partial charge in [-0.3, -0.25) is 4.79 Å². The normalized spacial score (nSPS) is 20.7. The SMILES string of the molecule is COc1cccc(C(=O)Nc2ccc(OC(=O)N3CCN4CCC3CC4)cc2)c1. The average molecular weight is 395 g/mol. The largest absolute Gasteiger partial charge is 0.497 e. The van der Waals surface area contributed by atoms with Gasteiger partial charge in [0, 0.05) is 43.5 Å². The van der Waals surface area contributed by atoms with Gasteiger partial charge in [0.25, 0.3) is 5.91 Å². The van der Waals surface area contributed by atoms with E-state index < -0.39 is 0 Å². The van der Waals surface area contributed by atoms with E-state index in [0.717, 1.165) is 32.5 Å². The molecule has 2 amide bonds. The Hall–Kier alpha value is -3.06. The molecular weight excluding hydrogens is 370 g/mol. The number of anilines is 1. The van der Waals surface area contributed by atoms with Crippen LogP contribution in [0, 0.1) is 0 Å². The predicted octanol–water partition coefficient (Wildman–Crippen LogP) is 3.23. The number of ether oxygens (including phenoxy) is 2. The summed E-state index contributed by atoms with van der Waals surface area (Å²) in [5.74, 6) is 0.858. The topological polar surface area (TPSA) is 71.1 Å². The molecule has 3 aliphatic heterocycles. The maximum absolute atomic E-state index is 12.6. The molecular formula is C22H25N3O4. The van der Waals surface area contributed by atoms with Crippen LogP contribution in [0.2, 0.25) is 0 Å². The number of rotatable bonds is 4. The van der Waals surface area contributed by atoms with Crippen LogP contribution in [0.15, 0.2) is 48.5 Å². The van der Waals surface area contributed by atoms with Crippen molar-refractivity contribution in [2.45, 2.75) is 18.9 Å². The first-order valence-electron chi connectivity index (χ1n) is 9.88. The molecule has 7 heteroatoms. The van der Waals surface area contributed by atoms with E-state index in [2.05, 4.69) is 10.2 Å². The molecule has 3 saturated heterocycles. The molecule has 0 radical (unpaired) electrons. The van der Waals surface area contributed by atoms with E-state index in [9.17, 15) is 9.59 Å². The zero-order valence-electron chi connectivity index (χ0n) is 16.5. The molecule has 152 valence electrons. The fraction of sp³-hybridized carbons (Fsp3) is 0.364. The van der Waals surface area contributed by atoms with Crippen LogP contribution in [-0.2, 0) is 0 Å². The maximum atomic E-state index is 12.6. The minimum atomic E-state index is -0.299.